The van der Waals surface area contributed by atoms with Crippen LogP contribution in [0, 0.1) is 0 Å². The summed E-state index contributed by atoms with van der Waals surface area (Å²) in [5, 5.41) is 5.70. The molecule has 0 radical (unpaired) electrons. The minimum Gasteiger partial charge on any atom is -0.497 e. The monoisotopic (exact) mass is 398 g/mol. The van der Waals surface area contributed by atoms with Gasteiger partial charge in [0.05, 0.1) is 20.3 Å². The topological polar surface area (TPSA) is 92.8 Å². The van der Waals surface area contributed by atoms with E-state index in [0.717, 1.165) is 44.2 Å². The van der Waals surface area contributed by atoms with Crippen LogP contribution in [0.5, 0.6) is 5.75 Å². The molecule has 2 aromatic rings. The lowest BCUT2D eigenvalue weighted by Gasteiger charge is -2.26. The molecule has 0 spiro atoms. The molecule has 1 aromatic carbocycles. The predicted molar refractivity (Wildman–Crippen MR) is 108 cm³/mol. The van der Waals surface area contributed by atoms with E-state index in [2.05, 4.69) is 20.5 Å². The Hall–Kier alpha value is -2.97. The van der Waals surface area contributed by atoms with Crippen LogP contribution in [-0.2, 0) is 11.3 Å². The highest BCUT2D eigenvalue weighted by Crippen LogP contribution is 2.11. The van der Waals surface area contributed by atoms with Gasteiger partial charge in [-0.2, -0.15) is 0 Å². The number of methoxy groups -OCH3 is 1. The normalized spacial score (nSPS) is 14.2. The molecule has 2 amide bonds. The standard InChI is InChI=1S/C21H26N4O4/c1-28-18-4-2-16(3-5-18)15-24-21(27)19-14-17(6-7-22-19)20(26)23-8-9-25-10-12-29-13-11-25/h2-7,14H,8-13,15H2,1H3,(H,23,26)(H,24,27). The number of benzene rings is 1. The summed E-state index contributed by atoms with van der Waals surface area (Å²) in [4.78, 5) is 31.1. The lowest BCUT2D eigenvalue weighted by atomic mass is 10.2. The van der Waals surface area contributed by atoms with Gasteiger partial charge in [0.15, 0.2) is 0 Å². The number of nitrogens with one attached hydrogen (secondary N) is 2. The third-order valence-electron chi connectivity index (χ3n) is 4.68. The van der Waals surface area contributed by atoms with Gasteiger partial charge in [0, 0.05) is 44.5 Å². The minimum absolute atomic E-state index is 0.208. The summed E-state index contributed by atoms with van der Waals surface area (Å²) in [6, 6.07) is 10.5. The number of hydrogen-bond acceptors (Lipinski definition) is 6. The van der Waals surface area contributed by atoms with Crippen molar-refractivity contribution < 1.29 is 19.1 Å². The Morgan fingerprint density at radius 1 is 1.10 bits per heavy atom. The van der Waals surface area contributed by atoms with E-state index >= 15 is 0 Å². The first-order chi connectivity index (χ1) is 14.2. The third kappa shape index (κ3) is 6.27. The molecule has 0 aliphatic carbocycles. The van der Waals surface area contributed by atoms with E-state index in [1.807, 2.05) is 24.3 Å². The third-order valence-corrected chi connectivity index (χ3v) is 4.68. The lowest BCUT2D eigenvalue weighted by Crippen LogP contribution is -2.41. The fourth-order valence-electron chi connectivity index (χ4n) is 2.97. The van der Waals surface area contributed by atoms with Crippen LogP contribution in [0.1, 0.15) is 26.4 Å². The number of nitrogens with zero attached hydrogens (tertiary/aromatic N) is 2. The van der Waals surface area contributed by atoms with Crippen LogP contribution in [0.3, 0.4) is 0 Å². The zero-order valence-corrected chi connectivity index (χ0v) is 16.5. The van der Waals surface area contributed by atoms with Crippen LogP contribution in [0.4, 0.5) is 0 Å². The number of hydrogen-bond donors (Lipinski definition) is 2. The second kappa shape index (κ2) is 10.5. The van der Waals surface area contributed by atoms with Crippen molar-refractivity contribution in [3.63, 3.8) is 0 Å². The number of carbonyl (C=O) groups is 2. The Bertz CT molecular complexity index is 820. The number of carbonyl (C=O) groups excluding carboxylic acids is 2. The molecule has 1 saturated heterocycles. The Kier molecular flexibility index (Phi) is 7.54. The Balaban J connectivity index is 1.49. The van der Waals surface area contributed by atoms with Gasteiger partial charge in [-0.3, -0.25) is 19.5 Å². The van der Waals surface area contributed by atoms with Crippen molar-refractivity contribution >= 4 is 11.8 Å². The number of amides is 2. The fourth-order valence-corrected chi connectivity index (χ4v) is 2.97. The smallest absolute Gasteiger partial charge is 0.270 e. The van der Waals surface area contributed by atoms with Gasteiger partial charge in [0.25, 0.3) is 11.8 Å². The maximum Gasteiger partial charge on any atom is 0.270 e. The average molecular weight is 398 g/mol. The Labute approximate surface area is 170 Å². The molecule has 0 bridgehead atoms. The Morgan fingerprint density at radius 2 is 1.86 bits per heavy atom. The molecule has 1 fully saturated rings. The molecule has 1 aliphatic heterocycles. The molecule has 8 nitrogen and oxygen atoms in total. The van der Waals surface area contributed by atoms with Gasteiger partial charge in [-0.1, -0.05) is 12.1 Å². The molecule has 3 rings (SSSR count). The molecule has 0 atom stereocenters. The fraction of sp³-hybridized carbons (Fsp3) is 0.381. The van der Waals surface area contributed by atoms with Crippen LogP contribution in [0.2, 0.25) is 0 Å². The summed E-state index contributed by atoms with van der Waals surface area (Å²) in [7, 11) is 1.61. The van der Waals surface area contributed by atoms with Crippen molar-refractivity contribution in [2.75, 3.05) is 46.5 Å². The van der Waals surface area contributed by atoms with Gasteiger partial charge in [-0.05, 0) is 29.8 Å². The largest absolute Gasteiger partial charge is 0.497 e. The molecule has 0 saturated carbocycles. The maximum absolute atomic E-state index is 12.4. The highest BCUT2D eigenvalue weighted by Gasteiger charge is 2.13. The van der Waals surface area contributed by atoms with E-state index in [4.69, 9.17) is 9.47 Å². The van der Waals surface area contributed by atoms with Crippen molar-refractivity contribution in [3.8, 4) is 5.75 Å². The predicted octanol–water partition coefficient (Wildman–Crippen LogP) is 1.08. The first-order valence-electron chi connectivity index (χ1n) is 9.61. The van der Waals surface area contributed by atoms with E-state index in [0.29, 0.717) is 18.7 Å². The summed E-state index contributed by atoms with van der Waals surface area (Å²) in [5.41, 5.74) is 1.56. The second-order valence-corrected chi connectivity index (χ2v) is 6.67. The van der Waals surface area contributed by atoms with Crippen molar-refractivity contribution in [3.05, 3.63) is 59.4 Å². The van der Waals surface area contributed by atoms with Crippen LogP contribution in [0.25, 0.3) is 0 Å². The maximum atomic E-state index is 12.4. The van der Waals surface area contributed by atoms with Crippen molar-refractivity contribution in [2.45, 2.75) is 6.54 Å². The van der Waals surface area contributed by atoms with E-state index in [1.54, 1.807) is 13.2 Å². The van der Waals surface area contributed by atoms with E-state index < -0.39 is 0 Å². The van der Waals surface area contributed by atoms with Gasteiger partial charge in [0.1, 0.15) is 11.4 Å². The van der Waals surface area contributed by atoms with Crippen LogP contribution < -0.4 is 15.4 Å². The van der Waals surface area contributed by atoms with Crippen LogP contribution in [0.15, 0.2) is 42.6 Å². The highest BCUT2D eigenvalue weighted by atomic mass is 16.5. The molecule has 2 N–H and O–H groups in total. The summed E-state index contributed by atoms with van der Waals surface area (Å²) < 4.78 is 10.4. The SMILES string of the molecule is COc1ccc(CNC(=O)c2cc(C(=O)NCCN3CCOCC3)ccn2)cc1. The summed E-state index contributed by atoms with van der Waals surface area (Å²) in [6.45, 7) is 4.89. The number of ether oxygens (including phenoxy) is 2. The quantitative estimate of drug-likeness (QED) is 0.691. The molecular weight excluding hydrogens is 372 g/mol. The van der Waals surface area contributed by atoms with Gasteiger partial charge in [-0.25, -0.2) is 0 Å². The number of aromatic nitrogens is 1. The minimum atomic E-state index is -0.330. The van der Waals surface area contributed by atoms with Gasteiger partial charge < -0.3 is 20.1 Å². The second-order valence-electron chi connectivity index (χ2n) is 6.67. The zero-order valence-electron chi connectivity index (χ0n) is 16.5. The molecule has 0 unspecified atom stereocenters. The first-order valence-corrected chi connectivity index (χ1v) is 9.61. The number of morpholine rings is 1. The molecule has 8 heteroatoms. The summed E-state index contributed by atoms with van der Waals surface area (Å²) >= 11 is 0. The number of rotatable bonds is 8. The average Bonchev–Trinajstić information content (AvgIpc) is 2.78. The van der Waals surface area contributed by atoms with E-state index in [-0.39, 0.29) is 17.5 Å². The zero-order chi connectivity index (χ0) is 20.5. The van der Waals surface area contributed by atoms with E-state index in [9.17, 15) is 9.59 Å². The summed E-state index contributed by atoms with van der Waals surface area (Å²) in [6.07, 6.45) is 1.47. The molecule has 1 aromatic heterocycles. The lowest BCUT2D eigenvalue weighted by molar-refractivity contribution is 0.0383. The Morgan fingerprint density at radius 3 is 2.59 bits per heavy atom. The molecule has 29 heavy (non-hydrogen) atoms. The van der Waals surface area contributed by atoms with Crippen LogP contribution >= 0.6 is 0 Å². The molecule has 2 heterocycles. The van der Waals surface area contributed by atoms with Crippen molar-refractivity contribution in [2.24, 2.45) is 0 Å². The van der Waals surface area contributed by atoms with Crippen molar-refractivity contribution in [1.29, 1.82) is 0 Å². The highest BCUT2D eigenvalue weighted by molar-refractivity contribution is 5.98. The van der Waals surface area contributed by atoms with Gasteiger partial charge >= 0.3 is 0 Å². The molecule has 154 valence electrons. The van der Waals surface area contributed by atoms with Crippen LogP contribution in [-0.4, -0.2) is 68.2 Å². The van der Waals surface area contributed by atoms with Gasteiger partial charge in [0.2, 0.25) is 0 Å². The number of pyridine rings is 1. The summed E-state index contributed by atoms with van der Waals surface area (Å²) in [5.74, 6) is 0.211. The first kappa shape index (κ1) is 20.8. The molecular formula is C21H26N4O4. The molecule has 1 aliphatic rings. The van der Waals surface area contributed by atoms with E-state index in [1.165, 1.54) is 12.3 Å². The van der Waals surface area contributed by atoms with Crippen molar-refractivity contribution in [1.82, 2.24) is 20.5 Å². The van der Waals surface area contributed by atoms with Gasteiger partial charge in [-0.15, -0.1) is 0 Å².